The second kappa shape index (κ2) is 5.12. The van der Waals surface area contributed by atoms with Crippen LogP contribution in [0.5, 0.6) is 0 Å². The maximum Gasteiger partial charge on any atom is 0.252 e. The van der Waals surface area contributed by atoms with Gasteiger partial charge in [0.1, 0.15) is 5.54 Å². The molecule has 0 aromatic carbocycles. The predicted octanol–water partition coefficient (Wildman–Crippen LogP) is 1.29. The summed E-state index contributed by atoms with van der Waals surface area (Å²) in [6.07, 6.45) is 2.98. The van der Waals surface area contributed by atoms with Crippen LogP contribution < -0.4 is 10.6 Å². The summed E-state index contributed by atoms with van der Waals surface area (Å²) >= 11 is 0. The fraction of sp³-hybridized carbons (Fsp3) is 0.857. The number of hydrogen-bond acceptors (Lipinski definition) is 3. The third-order valence-corrected chi connectivity index (χ3v) is 4.44. The van der Waals surface area contributed by atoms with E-state index in [0.717, 1.165) is 19.3 Å². The first-order valence-corrected chi connectivity index (χ1v) is 7.03. The van der Waals surface area contributed by atoms with Gasteiger partial charge in [-0.25, -0.2) is 0 Å². The van der Waals surface area contributed by atoms with Crippen LogP contribution in [0.25, 0.3) is 0 Å². The molecule has 108 valence electrons. The highest BCUT2D eigenvalue weighted by atomic mass is 16.5. The van der Waals surface area contributed by atoms with E-state index >= 15 is 0 Å². The second-order valence-electron chi connectivity index (χ2n) is 6.54. The average molecular weight is 267 g/mol. The molecule has 2 unspecified atom stereocenters. The summed E-state index contributed by atoms with van der Waals surface area (Å²) in [5.74, 6) is 0.992. The van der Waals surface area contributed by atoms with Crippen molar-refractivity contribution in [3.8, 4) is 0 Å². The van der Waals surface area contributed by atoms with Crippen molar-refractivity contribution in [3.05, 3.63) is 0 Å². The summed E-state index contributed by atoms with van der Waals surface area (Å²) in [5.41, 5.74) is -0.135. The van der Waals surface area contributed by atoms with Crippen molar-refractivity contribution in [2.45, 2.75) is 45.6 Å². The van der Waals surface area contributed by atoms with Crippen LogP contribution in [0, 0.1) is 11.3 Å². The molecule has 1 heterocycles. The summed E-state index contributed by atoms with van der Waals surface area (Å²) < 4.78 is 4.97. The Bertz CT molecular complexity index is 392. The molecule has 2 atom stereocenters. The minimum Gasteiger partial charge on any atom is -0.383 e. The van der Waals surface area contributed by atoms with Gasteiger partial charge in [-0.1, -0.05) is 20.8 Å². The zero-order valence-electron chi connectivity index (χ0n) is 12.4. The van der Waals surface area contributed by atoms with Gasteiger partial charge in [0.15, 0.2) is 5.96 Å². The van der Waals surface area contributed by atoms with Gasteiger partial charge in [0, 0.05) is 7.11 Å². The number of rotatable bonds is 3. The molecule has 1 aliphatic carbocycles. The van der Waals surface area contributed by atoms with Gasteiger partial charge in [-0.3, -0.25) is 15.1 Å². The molecule has 1 saturated carbocycles. The molecule has 1 saturated heterocycles. The molecule has 2 fully saturated rings. The van der Waals surface area contributed by atoms with Crippen molar-refractivity contribution in [2.75, 3.05) is 20.3 Å². The molecule has 2 aliphatic rings. The smallest absolute Gasteiger partial charge is 0.252 e. The van der Waals surface area contributed by atoms with E-state index < -0.39 is 5.54 Å². The van der Waals surface area contributed by atoms with Crippen molar-refractivity contribution in [3.63, 3.8) is 0 Å². The van der Waals surface area contributed by atoms with Gasteiger partial charge < -0.3 is 10.1 Å². The van der Waals surface area contributed by atoms with Crippen molar-refractivity contribution in [1.82, 2.24) is 10.6 Å². The van der Waals surface area contributed by atoms with Crippen LogP contribution in [-0.4, -0.2) is 37.7 Å². The molecule has 0 radical (unpaired) electrons. The van der Waals surface area contributed by atoms with Crippen molar-refractivity contribution < 1.29 is 9.53 Å². The topological polar surface area (TPSA) is 62.7 Å². The van der Waals surface area contributed by atoms with Crippen LogP contribution >= 0.6 is 0 Å². The highest BCUT2D eigenvalue weighted by Gasteiger charge is 2.53. The van der Waals surface area contributed by atoms with E-state index in [1.165, 1.54) is 0 Å². The Labute approximate surface area is 115 Å². The number of nitrogens with zero attached hydrogens (tertiary/aromatic N) is 1. The Balaban J connectivity index is 2.09. The zero-order chi connectivity index (χ0) is 14.1. The van der Waals surface area contributed by atoms with E-state index in [1.54, 1.807) is 7.11 Å². The predicted molar refractivity (Wildman–Crippen MR) is 75.0 cm³/mol. The van der Waals surface area contributed by atoms with Gasteiger partial charge in [0.2, 0.25) is 0 Å². The average Bonchev–Trinajstić information content (AvgIpc) is 2.63. The number of guanidine groups is 1. The number of carbonyl (C=O) groups is 1. The Morgan fingerprint density at radius 3 is 2.79 bits per heavy atom. The number of hydrogen-bond donors (Lipinski definition) is 2. The second-order valence-corrected chi connectivity index (χ2v) is 6.54. The van der Waals surface area contributed by atoms with E-state index in [2.05, 4.69) is 36.4 Å². The molecule has 5 nitrogen and oxygen atoms in total. The van der Waals surface area contributed by atoms with E-state index in [4.69, 9.17) is 4.74 Å². The van der Waals surface area contributed by atoms with Crippen LogP contribution in [0.15, 0.2) is 4.99 Å². The largest absolute Gasteiger partial charge is 0.383 e. The number of methoxy groups -OCH3 is 1. The van der Waals surface area contributed by atoms with Gasteiger partial charge in [-0.05, 0) is 30.6 Å². The highest BCUT2D eigenvalue weighted by Crippen LogP contribution is 2.44. The Morgan fingerprint density at radius 1 is 1.42 bits per heavy atom. The first-order chi connectivity index (χ1) is 8.89. The van der Waals surface area contributed by atoms with E-state index in [1.807, 2.05) is 0 Å². The molecule has 0 bridgehead atoms. The Kier molecular flexibility index (Phi) is 3.85. The minimum absolute atomic E-state index is 0.0756. The van der Waals surface area contributed by atoms with E-state index in [9.17, 15) is 4.79 Å². The third-order valence-electron chi connectivity index (χ3n) is 4.44. The van der Waals surface area contributed by atoms with Gasteiger partial charge >= 0.3 is 0 Å². The number of ether oxygens (including phenoxy) is 1. The molecule has 1 aliphatic heterocycles. The molecule has 1 spiro atoms. The summed E-state index contributed by atoms with van der Waals surface area (Å²) in [5, 5.41) is 6.21. The summed E-state index contributed by atoms with van der Waals surface area (Å²) in [7, 11) is 1.65. The minimum atomic E-state index is -0.457. The molecule has 0 aromatic rings. The molecular formula is C14H25N3O2. The van der Waals surface area contributed by atoms with Crippen molar-refractivity contribution in [1.29, 1.82) is 0 Å². The first-order valence-electron chi connectivity index (χ1n) is 7.03. The maximum absolute atomic E-state index is 12.3. The Hall–Kier alpha value is -1.10. The number of amides is 1. The van der Waals surface area contributed by atoms with Gasteiger partial charge in [0.25, 0.3) is 5.91 Å². The SMILES string of the molecule is COCCN=C1NC(=O)C2(CCC(C)(C)CC2C)N1. The Morgan fingerprint density at radius 2 is 2.16 bits per heavy atom. The van der Waals surface area contributed by atoms with Crippen LogP contribution in [0.2, 0.25) is 0 Å². The monoisotopic (exact) mass is 267 g/mol. The number of carbonyl (C=O) groups excluding carboxylic acids is 1. The zero-order valence-corrected chi connectivity index (χ0v) is 12.4. The molecular weight excluding hydrogens is 242 g/mol. The maximum atomic E-state index is 12.3. The van der Waals surface area contributed by atoms with E-state index in [-0.39, 0.29) is 5.91 Å². The molecule has 0 aromatic heterocycles. The summed E-state index contributed by atoms with van der Waals surface area (Å²) in [4.78, 5) is 16.7. The quantitative estimate of drug-likeness (QED) is 0.758. The van der Waals surface area contributed by atoms with Crippen LogP contribution in [-0.2, 0) is 9.53 Å². The summed E-state index contributed by atoms with van der Waals surface area (Å²) in [6, 6.07) is 0. The third kappa shape index (κ3) is 2.76. The van der Waals surface area contributed by atoms with Gasteiger partial charge in [-0.15, -0.1) is 0 Å². The highest BCUT2D eigenvalue weighted by molar-refractivity contribution is 6.09. The first kappa shape index (κ1) is 14.3. The molecule has 2 N–H and O–H groups in total. The number of nitrogens with one attached hydrogen (secondary N) is 2. The lowest BCUT2D eigenvalue weighted by molar-refractivity contribution is -0.128. The molecule has 1 amide bonds. The van der Waals surface area contributed by atoms with Gasteiger partial charge in [0.05, 0.1) is 13.2 Å². The van der Waals surface area contributed by atoms with Crippen molar-refractivity contribution >= 4 is 11.9 Å². The normalized spacial score (nSPS) is 35.5. The fourth-order valence-electron chi connectivity index (χ4n) is 3.26. The van der Waals surface area contributed by atoms with E-state index in [0.29, 0.717) is 30.4 Å². The lowest BCUT2D eigenvalue weighted by Crippen LogP contribution is -2.56. The molecule has 2 rings (SSSR count). The van der Waals surface area contributed by atoms with Crippen molar-refractivity contribution in [2.24, 2.45) is 16.3 Å². The fourth-order valence-corrected chi connectivity index (χ4v) is 3.26. The molecule has 5 heteroatoms. The van der Waals surface area contributed by atoms with Crippen LogP contribution in [0.3, 0.4) is 0 Å². The van der Waals surface area contributed by atoms with Crippen LogP contribution in [0.4, 0.5) is 0 Å². The number of aliphatic imine (C=N–C) groups is 1. The summed E-state index contributed by atoms with van der Waals surface area (Å²) in [6.45, 7) is 7.84. The van der Waals surface area contributed by atoms with Crippen LogP contribution in [0.1, 0.15) is 40.0 Å². The lowest BCUT2D eigenvalue weighted by Gasteiger charge is -2.44. The standard InChI is InChI=1S/C14H25N3O2/c1-10-9-13(2,3)5-6-14(10)11(18)16-12(17-14)15-7-8-19-4/h10H,5-9H2,1-4H3,(H2,15,16,17,18). The van der Waals surface area contributed by atoms with Gasteiger partial charge in [-0.2, -0.15) is 0 Å². The molecule has 19 heavy (non-hydrogen) atoms. The lowest BCUT2D eigenvalue weighted by atomic mass is 9.64.